The van der Waals surface area contributed by atoms with Gasteiger partial charge < -0.3 is 10.4 Å². The molecule has 0 spiro atoms. The highest BCUT2D eigenvalue weighted by atomic mass is 16.3. The van der Waals surface area contributed by atoms with Gasteiger partial charge in [-0.1, -0.05) is 54.1 Å². The van der Waals surface area contributed by atoms with Gasteiger partial charge in [0, 0.05) is 29.4 Å². The summed E-state index contributed by atoms with van der Waals surface area (Å²) in [4.78, 5) is 22.0. The molecule has 1 aromatic heterocycles. The molecule has 0 radical (unpaired) electrons. The second kappa shape index (κ2) is 9.49. The molecular weight excluding hydrogens is 386 g/mol. The summed E-state index contributed by atoms with van der Waals surface area (Å²) in [6, 6.07) is 21.0. The van der Waals surface area contributed by atoms with Crippen LogP contribution in [-0.2, 0) is 6.42 Å². The Morgan fingerprint density at radius 1 is 1.06 bits per heavy atom. The number of nitrogens with zero attached hydrogens (tertiary/aromatic N) is 2. The number of allylic oxidation sites excluding steroid dienone is 1. The van der Waals surface area contributed by atoms with Crippen molar-refractivity contribution >= 4 is 17.2 Å². The van der Waals surface area contributed by atoms with Gasteiger partial charge in [0.2, 0.25) is 0 Å². The number of hydrogen-bond donors (Lipinski definition) is 2. The molecule has 1 atom stereocenters. The van der Waals surface area contributed by atoms with Crippen LogP contribution in [0.4, 0.5) is 0 Å². The molecule has 0 unspecified atom stereocenters. The predicted molar refractivity (Wildman–Crippen MR) is 123 cm³/mol. The number of benzene rings is 2. The zero-order chi connectivity index (χ0) is 21.6. The standard InChI is InChI=1S/C26H25N3O2/c1-18-9-11-19(12-10-18)20-14-25(28-16-20)23-7-2-3-8-24(23)26(31)29-22(17-30)15-21-6-4-5-13-27-21/h2-14,22,30H,15-17H2,1H3,(H,29,31)/t22-/m1/s1. The molecule has 1 amide bonds. The molecule has 4 rings (SSSR count). The Kier molecular flexibility index (Phi) is 6.34. The van der Waals surface area contributed by atoms with E-state index in [1.54, 1.807) is 12.3 Å². The lowest BCUT2D eigenvalue weighted by Gasteiger charge is -2.17. The Morgan fingerprint density at radius 3 is 2.58 bits per heavy atom. The maximum absolute atomic E-state index is 13.1. The Morgan fingerprint density at radius 2 is 1.84 bits per heavy atom. The van der Waals surface area contributed by atoms with Crippen molar-refractivity contribution in [1.82, 2.24) is 10.3 Å². The molecule has 1 aliphatic rings. The summed E-state index contributed by atoms with van der Waals surface area (Å²) >= 11 is 0. The second-order valence-electron chi connectivity index (χ2n) is 7.66. The van der Waals surface area contributed by atoms with Crippen LogP contribution in [0, 0.1) is 6.92 Å². The number of aliphatic hydroxyl groups excluding tert-OH is 1. The van der Waals surface area contributed by atoms with E-state index in [-0.39, 0.29) is 12.5 Å². The van der Waals surface area contributed by atoms with Crippen LogP contribution in [0.25, 0.3) is 5.57 Å². The third-order valence-corrected chi connectivity index (χ3v) is 5.34. The van der Waals surface area contributed by atoms with E-state index in [0.717, 1.165) is 28.1 Å². The van der Waals surface area contributed by atoms with Gasteiger partial charge in [-0.15, -0.1) is 0 Å². The number of aromatic nitrogens is 1. The fraction of sp³-hybridized carbons (Fsp3) is 0.192. The Hall–Kier alpha value is -3.57. The lowest BCUT2D eigenvalue weighted by molar-refractivity contribution is 0.0916. The number of aryl methyl sites for hydroxylation is 1. The van der Waals surface area contributed by atoms with Gasteiger partial charge in [-0.2, -0.15) is 0 Å². The van der Waals surface area contributed by atoms with Crippen LogP contribution >= 0.6 is 0 Å². The van der Waals surface area contributed by atoms with Crippen LogP contribution in [0.5, 0.6) is 0 Å². The van der Waals surface area contributed by atoms with E-state index < -0.39 is 6.04 Å². The van der Waals surface area contributed by atoms with E-state index in [2.05, 4.69) is 46.5 Å². The topological polar surface area (TPSA) is 74.6 Å². The third-order valence-electron chi connectivity index (χ3n) is 5.34. The summed E-state index contributed by atoms with van der Waals surface area (Å²) in [5, 5.41) is 12.7. The van der Waals surface area contributed by atoms with Crippen LogP contribution in [0.2, 0.25) is 0 Å². The van der Waals surface area contributed by atoms with Crippen LogP contribution in [-0.4, -0.2) is 40.9 Å². The SMILES string of the molecule is Cc1ccc(C2=CC(c3ccccc3C(=O)N[C@@H](CO)Cc3ccccn3)=NC2)cc1. The van der Waals surface area contributed by atoms with Crippen LogP contribution in [0.1, 0.15) is 32.7 Å². The van der Waals surface area contributed by atoms with Crippen LogP contribution < -0.4 is 5.32 Å². The zero-order valence-electron chi connectivity index (χ0n) is 17.5. The first kappa shape index (κ1) is 20.7. The summed E-state index contributed by atoms with van der Waals surface area (Å²) in [5.74, 6) is -0.231. The molecule has 2 N–H and O–H groups in total. The second-order valence-corrected chi connectivity index (χ2v) is 7.66. The van der Waals surface area contributed by atoms with Gasteiger partial charge in [-0.05, 0) is 42.3 Å². The van der Waals surface area contributed by atoms with Gasteiger partial charge in [0.25, 0.3) is 5.91 Å². The van der Waals surface area contributed by atoms with E-state index in [4.69, 9.17) is 0 Å². The van der Waals surface area contributed by atoms with Gasteiger partial charge >= 0.3 is 0 Å². The Labute approximate surface area is 182 Å². The molecule has 2 heterocycles. The van der Waals surface area contributed by atoms with Crippen molar-refractivity contribution in [2.75, 3.05) is 13.2 Å². The zero-order valence-corrected chi connectivity index (χ0v) is 17.5. The maximum Gasteiger partial charge on any atom is 0.252 e. The number of hydrogen-bond acceptors (Lipinski definition) is 4. The Balaban J connectivity index is 1.53. The lowest BCUT2D eigenvalue weighted by atomic mass is 9.99. The minimum absolute atomic E-state index is 0.164. The number of amides is 1. The minimum atomic E-state index is -0.417. The molecule has 0 aliphatic carbocycles. The first-order valence-electron chi connectivity index (χ1n) is 10.4. The van der Waals surface area contributed by atoms with Crippen molar-refractivity contribution < 1.29 is 9.90 Å². The normalized spacial score (nSPS) is 14.0. The average molecular weight is 412 g/mol. The van der Waals surface area contributed by atoms with Gasteiger partial charge in [-0.25, -0.2) is 0 Å². The number of aliphatic imine (C=N–C) groups is 1. The number of nitrogens with one attached hydrogen (secondary N) is 1. The molecule has 5 nitrogen and oxygen atoms in total. The fourth-order valence-electron chi connectivity index (χ4n) is 3.63. The van der Waals surface area contributed by atoms with Crippen molar-refractivity contribution in [2.24, 2.45) is 4.99 Å². The summed E-state index contributed by atoms with van der Waals surface area (Å²) in [7, 11) is 0. The highest BCUT2D eigenvalue weighted by Crippen LogP contribution is 2.23. The first-order chi connectivity index (χ1) is 15.1. The van der Waals surface area contributed by atoms with E-state index in [9.17, 15) is 9.90 Å². The quantitative estimate of drug-likeness (QED) is 0.624. The number of aliphatic hydroxyl groups is 1. The molecular formula is C26H25N3O2. The number of pyridine rings is 1. The molecule has 3 aromatic rings. The third kappa shape index (κ3) is 4.95. The fourth-order valence-corrected chi connectivity index (χ4v) is 3.63. The molecule has 156 valence electrons. The molecule has 0 saturated carbocycles. The summed E-state index contributed by atoms with van der Waals surface area (Å²) < 4.78 is 0. The maximum atomic E-state index is 13.1. The largest absolute Gasteiger partial charge is 0.394 e. The summed E-state index contributed by atoms with van der Waals surface area (Å²) in [6.45, 7) is 2.49. The number of carbonyl (C=O) groups is 1. The average Bonchev–Trinajstić information content (AvgIpc) is 3.30. The van der Waals surface area contributed by atoms with Crippen molar-refractivity contribution in [3.05, 3.63) is 107 Å². The molecule has 0 bridgehead atoms. The van der Waals surface area contributed by atoms with Crippen molar-refractivity contribution in [3.8, 4) is 0 Å². The van der Waals surface area contributed by atoms with Crippen molar-refractivity contribution in [1.29, 1.82) is 0 Å². The van der Waals surface area contributed by atoms with E-state index in [1.807, 2.05) is 42.5 Å². The van der Waals surface area contributed by atoms with Crippen LogP contribution in [0.15, 0.2) is 84.0 Å². The molecule has 5 heteroatoms. The monoisotopic (exact) mass is 411 g/mol. The molecule has 0 fully saturated rings. The van der Waals surface area contributed by atoms with Gasteiger partial charge in [-0.3, -0.25) is 14.8 Å². The van der Waals surface area contributed by atoms with Crippen molar-refractivity contribution in [2.45, 2.75) is 19.4 Å². The summed E-state index contributed by atoms with van der Waals surface area (Å²) in [6.07, 6.45) is 4.22. The minimum Gasteiger partial charge on any atom is -0.394 e. The highest BCUT2D eigenvalue weighted by molar-refractivity contribution is 6.19. The van der Waals surface area contributed by atoms with Crippen LogP contribution in [0.3, 0.4) is 0 Å². The molecule has 31 heavy (non-hydrogen) atoms. The molecule has 1 aliphatic heterocycles. The summed E-state index contributed by atoms with van der Waals surface area (Å²) in [5.41, 5.74) is 6.44. The first-order valence-corrected chi connectivity index (χ1v) is 10.4. The van der Waals surface area contributed by atoms with Gasteiger partial charge in [0.05, 0.1) is 24.9 Å². The highest BCUT2D eigenvalue weighted by Gasteiger charge is 2.20. The van der Waals surface area contributed by atoms with E-state index in [0.29, 0.717) is 18.5 Å². The predicted octanol–water partition coefficient (Wildman–Crippen LogP) is 3.61. The number of rotatable bonds is 7. The smallest absolute Gasteiger partial charge is 0.252 e. The number of carbonyl (C=O) groups excluding carboxylic acids is 1. The van der Waals surface area contributed by atoms with Gasteiger partial charge in [0.15, 0.2) is 0 Å². The molecule has 0 saturated heterocycles. The van der Waals surface area contributed by atoms with E-state index >= 15 is 0 Å². The lowest BCUT2D eigenvalue weighted by Crippen LogP contribution is -2.39. The Bertz CT molecular complexity index is 1120. The molecule has 2 aromatic carbocycles. The van der Waals surface area contributed by atoms with Gasteiger partial charge in [0.1, 0.15) is 0 Å². The van der Waals surface area contributed by atoms with E-state index in [1.165, 1.54) is 5.56 Å². The van der Waals surface area contributed by atoms with Crippen molar-refractivity contribution in [3.63, 3.8) is 0 Å².